The molecule has 1 aromatic carbocycles. The summed E-state index contributed by atoms with van der Waals surface area (Å²) in [6, 6.07) is 4.71. The molecule has 0 spiro atoms. The Morgan fingerprint density at radius 2 is 1.89 bits per heavy atom. The quantitative estimate of drug-likeness (QED) is 0.933. The SMILES string of the molecule is CC(O)c1noc(Cc2ccc(C(F)(F)F)cc2)n1. The summed E-state index contributed by atoms with van der Waals surface area (Å²) in [5.41, 5.74) is -0.0831. The lowest BCUT2D eigenvalue weighted by Crippen LogP contribution is -2.04. The molecule has 0 radical (unpaired) electrons. The van der Waals surface area contributed by atoms with E-state index in [-0.39, 0.29) is 18.1 Å². The first kappa shape index (κ1) is 13.5. The van der Waals surface area contributed by atoms with Crippen molar-refractivity contribution < 1.29 is 22.8 Å². The highest BCUT2D eigenvalue weighted by atomic mass is 19.4. The maximum atomic E-state index is 12.4. The van der Waals surface area contributed by atoms with E-state index in [9.17, 15) is 18.3 Å². The van der Waals surface area contributed by atoms with Crippen LogP contribution in [-0.4, -0.2) is 15.2 Å². The van der Waals surface area contributed by atoms with Gasteiger partial charge in [0.25, 0.3) is 0 Å². The fraction of sp³-hybridized carbons (Fsp3) is 0.333. The summed E-state index contributed by atoms with van der Waals surface area (Å²) in [5, 5.41) is 12.8. The molecular formula is C12H11F3N2O2. The molecule has 0 amide bonds. The number of halogens is 3. The molecule has 4 nitrogen and oxygen atoms in total. The van der Waals surface area contributed by atoms with Crippen molar-refractivity contribution in [2.24, 2.45) is 0 Å². The van der Waals surface area contributed by atoms with Gasteiger partial charge in [0.1, 0.15) is 6.10 Å². The lowest BCUT2D eigenvalue weighted by molar-refractivity contribution is -0.137. The van der Waals surface area contributed by atoms with Crippen LogP contribution in [0, 0.1) is 0 Å². The van der Waals surface area contributed by atoms with E-state index in [1.807, 2.05) is 0 Å². The maximum Gasteiger partial charge on any atom is 0.416 e. The van der Waals surface area contributed by atoms with Gasteiger partial charge in [-0.25, -0.2) is 0 Å². The lowest BCUT2D eigenvalue weighted by Gasteiger charge is -2.06. The number of aliphatic hydroxyl groups excluding tert-OH is 1. The highest BCUT2D eigenvalue weighted by Crippen LogP contribution is 2.29. The van der Waals surface area contributed by atoms with Crippen LogP contribution in [0.25, 0.3) is 0 Å². The largest absolute Gasteiger partial charge is 0.416 e. The van der Waals surface area contributed by atoms with Crippen LogP contribution in [0.4, 0.5) is 13.2 Å². The third kappa shape index (κ3) is 3.31. The number of rotatable bonds is 3. The summed E-state index contributed by atoms with van der Waals surface area (Å²) in [6.45, 7) is 1.49. The number of aliphatic hydroxyl groups is 1. The molecule has 2 aromatic rings. The van der Waals surface area contributed by atoms with Crippen molar-refractivity contribution in [2.45, 2.75) is 25.6 Å². The Bertz CT molecular complexity index is 547. The standard InChI is InChI=1S/C12H11F3N2O2/c1-7(18)11-16-10(19-17-11)6-8-2-4-9(5-3-8)12(13,14)15/h2-5,7,18H,6H2,1H3. The lowest BCUT2D eigenvalue weighted by atomic mass is 10.1. The number of nitrogens with zero attached hydrogens (tertiary/aromatic N) is 2. The minimum Gasteiger partial charge on any atom is -0.385 e. The third-order valence-electron chi connectivity index (χ3n) is 2.49. The molecule has 0 aliphatic heterocycles. The number of hydrogen-bond acceptors (Lipinski definition) is 4. The van der Waals surface area contributed by atoms with Gasteiger partial charge < -0.3 is 9.63 Å². The topological polar surface area (TPSA) is 59.2 Å². The molecule has 0 saturated heterocycles. The second-order valence-corrected chi connectivity index (χ2v) is 4.09. The summed E-state index contributed by atoms with van der Waals surface area (Å²) in [4.78, 5) is 3.93. The van der Waals surface area contributed by atoms with Crippen molar-refractivity contribution in [3.8, 4) is 0 Å². The van der Waals surface area contributed by atoms with Crippen LogP contribution in [0.5, 0.6) is 0 Å². The summed E-state index contributed by atoms with van der Waals surface area (Å²) in [6.07, 6.45) is -4.97. The van der Waals surface area contributed by atoms with Crippen molar-refractivity contribution >= 4 is 0 Å². The number of hydrogen-bond donors (Lipinski definition) is 1. The highest BCUT2D eigenvalue weighted by molar-refractivity contribution is 5.26. The van der Waals surface area contributed by atoms with Crippen molar-refractivity contribution in [3.63, 3.8) is 0 Å². The van der Waals surface area contributed by atoms with Crippen LogP contribution < -0.4 is 0 Å². The van der Waals surface area contributed by atoms with Crippen molar-refractivity contribution in [2.75, 3.05) is 0 Å². The van der Waals surface area contributed by atoms with E-state index in [1.165, 1.54) is 19.1 Å². The highest BCUT2D eigenvalue weighted by Gasteiger charge is 2.29. The van der Waals surface area contributed by atoms with E-state index in [4.69, 9.17) is 4.52 Å². The molecule has 0 aliphatic carbocycles. The Hall–Kier alpha value is -1.89. The van der Waals surface area contributed by atoms with Gasteiger partial charge in [-0.15, -0.1) is 0 Å². The van der Waals surface area contributed by atoms with E-state index < -0.39 is 17.8 Å². The summed E-state index contributed by atoms with van der Waals surface area (Å²) >= 11 is 0. The number of alkyl halides is 3. The fourth-order valence-electron chi connectivity index (χ4n) is 1.50. The van der Waals surface area contributed by atoms with E-state index in [0.29, 0.717) is 5.56 Å². The predicted molar refractivity (Wildman–Crippen MR) is 59.2 cm³/mol. The van der Waals surface area contributed by atoms with E-state index in [2.05, 4.69) is 10.1 Å². The van der Waals surface area contributed by atoms with Gasteiger partial charge in [0.05, 0.1) is 12.0 Å². The maximum absolute atomic E-state index is 12.4. The van der Waals surface area contributed by atoms with Gasteiger partial charge in [-0.05, 0) is 24.6 Å². The first-order valence-electron chi connectivity index (χ1n) is 5.53. The normalized spacial score (nSPS) is 13.5. The predicted octanol–water partition coefficient (Wildman–Crippen LogP) is 2.73. The van der Waals surface area contributed by atoms with Crippen LogP contribution >= 0.6 is 0 Å². The summed E-state index contributed by atoms with van der Waals surface area (Å²) in [7, 11) is 0. The molecule has 1 unspecified atom stereocenters. The van der Waals surface area contributed by atoms with E-state index >= 15 is 0 Å². The number of benzene rings is 1. The summed E-state index contributed by atoms with van der Waals surface area (Å²) in [5.74, 6) is 0.401. The zero-order chi connectivity index (χ0) is 14.0. The van der Waals surface area contributed by atoms with Crippen LogP contribution in [0.15, 0.2) is 28.8 Å². The molecule has 2 rings (SSSR count). The third-order valence-corrected chi connectivity index (χ3v) is 2.49. The second kappa shape index (κ2) is 5.00. The van der Waals surface area contributed by atoms with Crippen LogP contribution in [0.3, 0.4) is 0 Å². The molecule has 0 fully saturated rings. The Kier molecular flexibility index (Phi) is 3.57. The molecule has 0 saturated carbocycles. The Morgan fingerprint density at radius 3 is 2.37 bits per heavy atom. The van der Waals surface area contributed by atoms with Crippen molar-refractivity contribution in [3.05, 3.63) is 47.1 Å². The molecule has 102 valence electrons. The Morgan fingerprint density at radius 1 is 1.26 bits per heavy atom. The smallest absolute Gasteiger partial charge is 0.385 e. The van der Waals surface area contributed by atoms with E-state index in [0.717, 1.165) is 12.1 Å². The van der Waals surface area contributed by atoms with Crippen molar-refractivity contribution in [1.82, 2.24) is 10.1 Å². The van der Waals surface area contributed by atoms with Gasteiger partial charge in [0.2, 0.25) is 5.89 Å². The Labute approximate surface area is 106 Å². The average Bonchev–Trinajstić information content (AvgIpc) is 2.77. The molecular weight excluding hydrogens is 261 g/mol. The van der Waals surface area contributed by atoms with Gasteiger partial charge >= 0.3 is 6.18 Å². The fourth-order valence-corrected chi connectivity index (χ4v) is 1.50. The second-order valence-electron chi connectivity index (χ2n) is 4.09. The molecule has 7 heteroatoms. The molecule has 1 atom stereocenters. The number of aromatic nitrogens is 2. The molecule has 0 bridgehead atoms. The van der Waals surface area contributed by atoms with Gasteiger partial charge in [-0.3, -0.25) is 0 Å². The van der Waals surface area contributed by atoms with Gasteiger partial charge in [0, 0.05) is 0 Å². The summed E-state index contributed by atoms with van der Waals surface area (Å²) < 4.78 is 42.0. The zero-order valence-corrected chi connectivity index (χ0v) is 9.98. The monoisotopic (exact) mass is 272 g/mol. The molecule has 1 N–H and O–H groups in total. The molecule has 0 aliphatic rings. The van der Waals surface area contributed by atoms with Crippen LogP contribution in [0.1, 0.15) is 35.9 Å². The van der Waals surface area contributed by atoms with E-state index in [1.54, 1.807) is 0 Å². The van der Waals surface area contributed by atoms with Crippen molar-refractivity contribution in [1.29, 1.82) is 0 Å². The van der Waals surface area contributed by atoms with Gasteiger partial charge in [-0.1, -0.05) is 17.3 Å². The van der Waals surface area contributed by atoms with Gasteiger partial charge in [0.15, 0.2) is 5.82 Å². The average molecular weight is 272 g/mol. The van der Waals surface area contributed by atoms with Crippen LogP contribution in [0.2, 0.25) is 0 Å². The van der Waals surface area contributed by atoms with Crippen LogP contribution in [-0.2, 0) is 12.6 Å². The first-order chi connectivity index (χ1) is 8.86. The minimum atomic E-state index is -4.34. The zero-order valence-electron chi connectivity index (χ0n) is 9.98. The van der Waals surface area contributed by atoms with Gasteiger partial charge in [-0.2, -0.15) is 18.2 Å². The minimum absolute atomic E-state index is 0.155. The molecule has 1 heterocycles. The first-order valence-corrected chi connectivity index (χ1v) is 5.53. The molecule has 1 aromatic heterocycles. The Balaban J connectivity index is 2.11. The molecule has 19 heavy (non-hydrogen) atoms.